The Balaban J connectivity index is 1.74. The largest absolute Gasteiger partial charge is 0.383 e. The van der Waals surface area contributed by atoms with Gasteiger partial charge in [-0.25, -0.2) is 4.68 Å². The highest BCUT2D eigenvalue weighted by Crippen LogP contribution is 2.15. The molecule has 0 atom stereocenters. The predicted molar refractivity (Wildman–Crippen MR) is 84.5 cm³/mol. The molecule has 3 rings (SSSR count). The standard InChI is InChI=1S/C15H20N6O3/c1-19(10-13-17-16-12-4-3-7-20(12)13)15(23)11-5-6-14(22)21(18-11)8-9-24-2/h5-6H,3-4,7-10H2,1-2H3. The number of amides is 1. The SMILES string of the molecule is COCCn1nc(C(=O)N(C)Cc2nnc3n2CCC3)ccc1=O. The molecule has 1 amide bonds. The van der Waals surface area contributed by atoms with Crippen LogP contribution in [0.2, 0.25) is 0 Å². The summed E-state index contributed by atoms with van der Waals surface area (Å²) in [5.41, 5.74) is -0.0455. The van der Waals surface area contributed by atoms with E-state index in [2.05, 4.69) is 19.9 Å². The number of aromatic nitrogens is 5. The first kappa shape index (κ1) is 16.3. The predicted octanol–water partition coefficient (Wildman–Crippen LogP) is -0.300. The first-order chi connectivity index (χ1) is 11.6. The van der Waals surface area contributed by atoms with E-state index in [-0.39, 0.29) is 17.2 Å². The molecule has 9 nitrogen and oxygen atoms in total. The zero-order chi connectivity index (χ0) is 17.1. The van der Waals surface area contributed by atoms with Gasteiger partial charge in [0.15, 0.2) is 5.82 Å². The van der Waals surface area contributed by atoms with Gasteiger partial charge in [-0.1, -0.05) is 0 Å². The van der Waals surface area contributed by atoms with E-state index in [1.807, 2.05) is 0 Å². The topological polar surface area (TPSA) is 95.1 Å². The monoisotopic (exact) mass is 332 g/mol. The van der Waals surface area contributed by atoms with E-state index in [9.17, 15) is 9.59 Å². The second-order valence-corrected chi connectivity index (χ2v) is 5.72. The first-order valence-electron chi connectivity index (χ1n) is 7.83. The first-order valence-corrected chi connectivity index (χ1v) is 7.83. The molecule has 9 heteroatoms. The molecule has 2 aromatic rings. The lowest BCUT2D eigenvalue weighted by Crippen LogP contribution is -2.32. The van der Waals surface area contributed by atoms with E-state index in [0.717, 1.165) is 31.0 Å². The lowest BCUT2D eigenvalue weighted by Gasteiger charge is -2.16. The van der Waals surface area contributed by atoms with Crippen molar-refractivity contribution in [2.24, 2.45) is 0 Å². The van der Waals surface area contributed by atoms with Crippen LogP contribution in [0, 0.1) is 0 Å². The van der Waals surface area contributed by atoms with Gasteiger partial charge in [-0.15, -0.1) is 10.2 Å². The number of aryl methyl sites for hydroxylation is 1. The molecule has 0 saturated heterocycles. The molecule has 24 heavy (non-hydrogen) atoms. The fourth-order valence-electron chi connectivity index (χ4n) is 2.71. The molecule has 0 N–H and O–H groups in total. The van der Waals surface area contributed by atoms with Gasteiger partial charge in [-0.3, -0.25) is 9.59 Å². The van der Waals surface area contributed by atoms with Crippen LogP contribution >= 0.6 is 0 Å². The Labute approximate surface area is 138 Å². The van der Waals surface area contributed by atoms with Crippen LogP contribution in [0.5, 0.6) is 0 Å². The number of methoxy groups -OCH3 is 1. The van der Waals surface area contributed by atoms with E-state index in [0.29, 0.717) is 19.7 Å². The van der Waals surface area contributed by atoms with Crippen molar-refractivity contribution in [3.63, 3.8) is 0 Å². The molecule has 128 valence electrons. The Morgan fingerprint density at radius 3 is 3.00 bits per heavy atom. The quantitative estimate of drug-likeness (QED) is 0.721. The average Bonchev–Trinajstić information content (AvgIpc) is 3.18. The smallest absolute Gasteiger partial charge is 0.274 e. The molecule has 0 unspecified atom stereocenters. The number of nitrogens with zero attached hydrogens (tertiary/aromatic N) is 6. The summed E-state index contributed by atoms with van der Waals surface area (Å²) in [4.78, 5) is 25.9. The summed E-state index contributed by atoms with van der Waals surface area (Å²) in [6.45, 7) is 1.90. The van der Waals surface area contributed by atoms with E-state index in [1.165, 1.54) is 21.7 Å². The number of rotatable bonds is 6. The molecule has 0 saturated carbocycles. The molecule has 0 aromatic carbocycles. The minimum atomic E-state index is -0.267. The summed E-state index contributed by atoms with van der Waals surface area (Å²) in [7, 11) is 3.23. The molecule has 0 aliphatic carbocycles. The summed E-state index contributed by atoms with van der Waals surface area (Å²) in [5.74, 6) is 1.47. The minimum Gasteiger partial charge on any atom is -0.383 e. The molecular weight excluding hydrogens is 312 g/mol. The molecule has 0 spiro atoms. The summed E-state index contributed by atoms with van der Waals surface area (Å²) < 4.78 is 8.24. The lowest BCUT2D eigenvalue weighted by atomic mass is 10.3. The van der Waals surface area contributed by atoms with Crippen molar-refractivity contribution in [2.45, 2.75) is 32.5 Å². The Hall–Kier alpha value is -2.55. The number of fused-ring (bicyclic) bond motifs is 1. The van der Waals surface area contributed by atoms with Crippen LogP contribution in [-0.2, 0) is 30.8 Å². The third kappa shape index (κ3) is 3.21. The van der Waals surface area contributed by atoms with Crippen LogP contribution < -0.4 is 5.56 Å². The fourth-order valence-corrected chi connectivity index (χ4v) is 2.71. The van der Waals surface area contributed by atoms with Gasteiger partial charge in [-0.2, -0.15) is 5.10 Å². The molecule has 0 fully saturated rings. The van der Waals surface area contributed by atoms with Crippen LogP contribution in [0.3, 0.4) is 0 Å². The molecular formula is C15H20N6O3. The number of carbonyl (C=O) groups is 1. The van der Waals surface area contributed by atoms with Gasteiger partial charge in [0.25, 0.3) is 11.5 Å². The maximum Gasteiger partial charge on any atom is 0.274 e. The van der Waals surface area contributed by atoms with E-state index in [1.54, 1.807) is 14.2 Å². The molecule has 1 aliphatic heterocycles. The highest BCUT2D eigenvalue weighted by molar-refractivity contribution is 5.91. The van der Waals surface area contributed by atoms with Crippen molar-refractivity contribution in [3.05, 3.63) is 39.8 Å². The third-order valence-electron chi connectivity index (χ3n) is 4.00. The van der Waals surface area contributed by atoms with Gasteiger partial charge < -0.3 is 14.2 Å². The second-order valence-electron chi connectivity index (χ2n) is 5.72. The van der Waals surface area contributed by atoms with Crippen LogP contribution in [0.4, 0.5) is 0 Å². The van der Waals surface area contributed by atoms with Crippen LogP contribution in [0.15, 0.2) is 16.9 Å². The fraction of sp³-hybridized carbons (Fsp3) is 0.533. The maximum atomic E-state index is 12.6. The van der Waals surface area contributed by atoms with E-state index < -0.39 is 0 Å². The van der Waals surface area contributed by atoms with Gasteiger partial charge in [0.1, 0.15) is 11.5 Å². The Kier molecular flexibility index (Phi) is 4.70. The number of hydrogen-bond donors (Lipinski definition) is 0. The normalized spacial score (nSPS) is 13.1. The number of carbonyl (C=O) groups excluding carboxylic acids is 1. The van der Waals surface area contributed by atoms with Crippen LogP contribution in [0.25, 0.3) is 0 Å². The summed E-state index contributed by atoms with van der Waals surface area (Å²) in [5, 5.41) is 12.4. The van der Waals surface area contributed by atoms with Gasteiger partial charge in [0.05, 0.1) is 19.7 Å². The van der Waals surface area contributed by atoms with Gasteiger partial charge in [0, 0.05) is 33.2 Å². The highest BCUT2D eigenvalue weighted by atomic mass is 16.5. The molecule has 1 aliphatic rings. The van der Waals surface area contributed by atoms with Crippen LogP contribution in [-0.4, -0.2) is 56.1 Å². The molecule has 2 aromatic heterocycles. The summed E-state index contributed by atoms with van der Waals surface area (Å²) >= 11 is 0. The maximum absolute atomic E-state index is 12.6. The minimum absolute atomic E-state index is 0.217. The van der Waals surface area contributed by atoms with Crippen molar-refractivity contribution >= 4 is 5.91 Å². The number of hydrogen-bond acceptors (Lipinski definition) is 6. The van der Waals surface area contributed by atoms with Gasteiger partial charge in [0.2, 0.25) is 0 Å². The molecule has 3 heterocycles. The van der Waals surface area contributed by atoms with Crippen molar-refractivity contribution in [2.75, 3.05) is 20.8 Å². The Morgan fingerprint density at radius 2 is 2.21 bits per heavy atom. The van der Waals surface area contributed by atoms with Crippen molar-refractivity contribution < 1.29 is 9.53 Å². The van der Waals surface area contributed by atoms with Crippen molar-refractivity contribution in [1.82, 2.24) is 29.4 Å². The van der Waals surface area contributed by atoms with E-state index >= 15 is 0 Å². The van der Waals surface area contributed by atoms with Gasteiger partial charge in [-0.05, 0) is 12.5 Å². The van der Waals surface area contributed by atoms with Crippen molar-refractivity contribution in [1.29, 1.82) is 0 Å². The van der Waals surface area contributed by atoms with E-state index in [4.69, 9.17) is 4.74 Å². The summed E-state index contributed by atoms with van der Waals surface area (Å²) in [6, 6.07) is 2.79. The highest BCUT2D eigenvalue weighted by Gasteiger charge is 2.21. The third-order valence-corrected chi connectivity index (χ3v) is 4.00. The Morgan fingerprint density at radius 1 is 1.38 bits per heavy atom. The van der Waals surface area contributed by atoms with Crippen LogP contribution in [0.1, 0.15) is 28.6 Å². The number of ether oxygens (including phenoxy) is 1. The van der Waals surface area contributed by atoms with Crippen molar-refractivity contribution in [3.8, 4) is 0 Å². The lowest BCUT2D eigenvalue weighted by molar-refractivity contribution is 0.0770. The molecule has 0 radical (unpaired) electrons. The summed E-state index contributed by atoms with van der Waals surface area (Å²) in [6.07, 6.45) is 1.98. The molecule has 0 bridgehead atoms. The average molecular weight is 332 g/mol. The Bertz CT molecular complexity index is 797. The zero-order valence-corrected chi connectivity index (χ0v) is 13.8. The second kappa shape index (κ2) is 6.91. The zero-order valence-electron chi connectivity index (χ0n) is 13.8. The van der Waals surface area contributed by atoms with Gasteiger partial charge >= 0.3 is 0 Å².